The number of halogens is 1. The van der Waals surface area contributed by atoms with Gasteiger partial charge < -0.3 is 0 Å². The molecule has 0 bridgehead atoms. The van der Waals surface area contributed by atoms with Gasteiger partial charge in [0.1, 0.15) is 5.15 Å². The smallest absolute Gasteiger partial charge is 0.151 e. The Morgan fingerprint density at radius 1 is 1.70 bits per heavy atom. The highest BCUT2D eigenvalue weighted by molar-refractivity contribution is 6.29. The standard InChI is InChI=1S/C7H6ClNO/c1-5-2-7(8)9-3-6(5)4-10/h2-4H,1H3. The van der Waals surface area contributed by atoms with Gasteiger partial charge in [-0.2, -0.15) is 0 Å². The summed E-state index contributed by atoms with van der Waals surface area (Å²) in [4.78, 5) is 14.0. The van der Waals surface area contributed by atoms with Crippen LogP contribution in [0.4, 0.5) is 0 Å². The normalized spacial score (nSPS) is 9.40. The second-order valence-corrected chi connectivity index (χ2v) is 2.37. The van der Waals surface area contributed by atoms with Crippen molar-refractivity contribution < 1.29 is 4.79 Å². The number of pyridine rings is 1. The van der Waals surface area contributed by atoms with Gasteiger partial charge in [0, 0.05) is 11.8 Å². The predicted molar refractivity (Wildman–Crippen MR) is 39.4 cm³/mol. The number of nitrogens with zero attached hydrogens (tertiary/aromatic N) is 1. The molecule has 2 nitrogen and oxygen atoms in total. The summed E-state index contributed by atoms with van der Waals surface area (Å²) < 4.78 is 0. The minimum atomic E-state index is 0.420. The molecule has 52 valence electrons. The molecule has 0 aliphatic carbocycles. The number of aryl methyl sites for hydroxylation is 1. The number of carbonyl (C=O) groups is 1. The van der Waals surface area contributed by atoms with Crippen molar-refractivity contribution in [2.24, 2.45) is 0 Å². The molecule has 1 rings (SSSR count). The summed E-state index contributed by atoms with van der Waals surface area (Å²) in [6.07, 6.45) is 2.23. The van der Waals surface area contributed by atoms with Crippen LogP contribution in [0.3, 0.4) is 0 Å². The molecule has 0 saturated heterocycles. The number of hydrogen-bond donors (Lipinski definition) is 0. The SMILES string of the molecule is Cc1cc(Cl)ncc1C=O. The van der Waals surface area contributed by atoms with E-state index in [4.69, 9.17) is 11.6 Å². The van der Waals surface area contributed by atoms with Crippen LogP contribution in [0.15, 0.2) is 12.3 Å². The van der Waals surface area contributed by atoms with Gasteiger partial charge in [-0.05, 0) is 18.6 Å². The van der Waals surface area contributed by atoms with E-state index >= 15 is 0 Å². The van der Waals surface area contributed by atoms with E-state index in [1.54, 1.807) is 6.07 Å². The van der Waals surface area contributed by atoms with Crippen molar-refractivity contribution in [1.82, 2.24) is 4.98 Å². The van der Waals surface area contributed by atoms with Crippen LogP contribution in [0.1, 0.15) is 15.9 Å². The minimum Gasteiger partial charge on any atom is -0.298 e. The van der Waals surface area contributed by atoms with Crippen molar-refractivity contribution in [3.8, 4) is 0 Å². The monoisotopic (exact) mass is 155 g/mol. The third-order valence-corrected chi connectivity index (χ3v) is 1.45. The largest absolute Gasteiger partial charge is 0.298 e. The molecule has 1 heterocycles. The van der Waals surface area contributed by atoms with E-state index in [1.165, 1.54) is 6.20 Å². The highest BCUT2D eigenvalue weighted by Gasteiger charge is 1.96. The van der Waals surface area contributed by atoms with Crippen LogP contribution >= 0.6 is 11.6 Å². The van der Waals surface area contributed by atoms with Crippen molar-refractivity contribution in [2.75, 3.05) is 0 Å². The molecule has 0 radical (unpaired) electrons. The third kappa shape index (κ3) is 1.33. The number of aromatic nitrogens is 1. The van der Waals surface area contributed by atoms with Crippen molar-refractivity contribution in [3.63, 3.8) is 0 Å². The van der Waals surface area contributed by atoms with Gasteiger partial charge in [-0.3, -0.25) is 4.79 Å². The van der Waals surface area contributed by atoms with Crippen molar-refractivity contribution in [3.05, 3.63) is 28.5 Å². The number of carbonyl (C=O) groups excluding carboxylic acids is 1. The van der Waals surface area contributed by atoms with Gasteiger partial charge in [0.05, 0.1) is 0 Å². The fourth-order valence-corrected chi connectivity index (χ4v) is 0.868. The number of aldehydes is 1. The van der Waals surface area contributed by atoms with E-state index in [1.807, 2.05) is 6.92 Å². The molecular formula is C7H6ClNO. The van der Waals surface area contributed by atoms with Gasteiger partial charge in [0.25, 0.3) is 0 Å². The lowest BCUT2D eigenvalue weighted by Crippen LogP contribution is -1.87. The van der Waals surface area contributed by atoms with Gasteiger partial charge in [0.2, 0.25) is 0 Å². The molecule has 0 atom stereocenters. The molecule has 3 heteroatoms. The van der Waals surface area contributed by atoms with Crippen molar-refractivity contribution in [2.45, 2.75) is 6.92 Å². The molecule has 10 heavy (non-hydrogen) atoms. The van der Waals surface area contributed by atoms with E-state index in [2.05, 4.69) is 4.98 Å². The second-order valence-electron chi connectivity index (χ2n) is 1.98. The average Bonchev–Trinajstić information content (AvgIpc) is 1.88. The van der Waals surface area contributed by atoms with Crippen LogP contribution in [0, 0.1) is 6.92 Å². The van der Waals surface area contributed by atoms with Gasteiger partial charge in [-0.25, -0.2) is 4.98 Å². The van der Waals surface area contributed by atoms with Crippen LogP contribution in [0.25, 0.3) is 0 Å². The number of hydrogen-bond acceptors (Lipinski definition) is 2. The lowest BCUT2D eigenvalue weighted by Gasteiger charge is -1.95. The molecule has 0 fully saturated rings. The Morgan fingerprint density at radius 3 is 2.90 bits per heavy atom. The zero-order valence-electron chi connectivity index (χ0n) is 5.47. The fraction of sp³-hybridized carbons (Fsp3) is 0.143. The maximum atomic E-state index is 10.3. The maximum Gasteiger partial charge on any atom is 0.151 e. The van der Waals surface area contributed by atoms with E-state index in [9.17, 15) is 4.79 Å². The van der Waals surface area contributed by atoms with Crippen molar-refractivity contribution >= 4 is 17.9 Å². The van der Waals surface area contributed by atoms with Crippen LogP contribution in [0.2, 0.25) is 5.15 Å². The zero-order valence-corrected chi connectivity index (χ0v) is 6.22. The fourth-order valence-electron chi connectivity index (χ4n) is 0.656. The van der Waals surface area contributed by atoms with E-state index in [0.29, 0.717) is 10.7 Å². The van der Waals surface area contributed by atoms with Gasteiger partial charge in [0.15, 0.2) is 6.29 Å². The zero-order chi connectivity index (χ0) is 7.56. The molecule has 0 N–H and O–H groups in total. The molecule has 0 amide bonds. The molecule has 0 aliphatic heterocycles. The summed E-state index contributed by atoms with van der Waals surface area (Å²) in [6, 6.07) is 1.66. The summed E-state index contributed by atoms with van der Waals surface area (Å²) in [7, 11) is 0. The summed E-state index contributed by atoms with van der Waals surface area (Å²) in [5.41, 5.74) is 1.44. The minimum absolute atomic E-state index is 0.420. The van der Waals surface area contributed by atoms with Crippen LogP contribution in [-0.2, 0) is 0 Å². The summed E-state index contributed by atoms with van der Waals surface area (Å²) in [6.45, 7) is 1.82. The lowest BCUT2D eigenvalue weighted by molar-refractivity contribution is 0.112. The van der Waals surface area contributed by atoms with Gasteiger partial charge >= 0.3 is 0 Å². The highest BCUT2D eigenvalue weighted by atomic mass is 35.5. The van der Waals surface area contributed by atoms with Crippen LogP contribution in [-0.4, -0.2) is 11.3 Å². The topological polar surface area (TPSA) is 30.0 Å². The molecule has 0 saturated carbocycles. The summed E-state index contributed by atoms with van der Waals surface area (Å²) in [5.74, 6) is 0. The first-order chi connectivity index (χ1) is 4.74. The first-order valence-corrected chi connectivity index (χ1v) is 3.19. The second kappa shape index (κ2) is 2.80. The first kappa shape index (κ1) is 7.22. The van der Waals surface area contributed by atoms with E-state index in [0.717, 1.165) is 11.8 Å². The summed E-state index contributed by atoms with van der Waals surface area (Å²) >= 11 is 5.55. The molecule has 1 aromatic rings. The Labute approximate surface area is 63.8 Å². The quantitative estimate of drug-likeness (QED) is 0.458. The Kier molecular flexibility index (Phi) is 2.02. The lowest BCUT2D eigenvalue weighted by atomic mass is 10.2. The van der Waals surface area contributed by atoms with Gasteiger partial charge in [-0.1, -0.05) is 11.6 Å². The Morgan fingerprint density at radius 2 is 2.40 bits per heavy atom. The van der Waals surface area contributed by atoms with E-state index in [-0.39, 0.29) is 0 Å². The third-order valence-electron chi connectivity index (χ3n) is 1.24. The number of rotatable bonds is 1. The Balaban J connectivity index is 3.19. The highest BCUT2D eigenvalue weighted by Crippen LogP contribution is 2.09. The van der Waals surface area contributed by atoms with Crippen LogP contribution < -0.4 is 0 Å². The Hall–Kier alpha value is -0.890. The van der Waals surface area contributed by atoms with Gasteiger partial charge in [-0.15, -0.1) is 0 Å². The van der Waals surface area contributed by atoms with Crippen LogP contribution in [0.5, 0.6) is 0 Å². The molecule has 1 aromatic heterocycles. The predicted octanol–water partition coefficient (Wildman–Crippen LogP) is 1.86. The van der Waals surface area contributed by atoms with E-state index < -0.39 is 0 Å². The molecular weight excluding hydrogens is 150 g/mol. The maximum absolute atomic E-state index is 10.3. The average molecular weight is 156 g/mol. The first-order valence-electron chi connectivity index (χ1n) is 2.81. The Bertz CT molecular complexity index is 260. The molecule has 0 aliphatic rings. The molecule has 0 unspecified atom stereocenters. The summed E-state index contributed by atoms with van der Waals surface area (Å²) in [5, 5.41) is 0.420. The molecule has 0 spiro atoms. The van der Waals surface area contributed by atoms with Crippen molar-refractivity contribution in [1.29, 1.82) is 0 Å². The molecule has 0 aromatic carbocycles.